The van der Waals surface area contributed by atoms with Crippen molar-refractivity contribution in [2.45, 2.75) is 129 Å². The molecule has 0 fully saturated rings. The Morgan fingerprint density at radius 1 is 0.767 bits per heavy atom. The standard InChI is InChI=1S/C26H49NO3/c1-3-5-7-8-9-10-11-12-13-14-15-16-17-18-20-21-25(29)24(23-28)27-26(30)22-19-6-4-2/h15-16,20-21,24-25,28-29H,3-14,17-19,22-23H2,1-2H3,(H,27,30)/b16-15+,21-20+. The molecule has 0 aliphatic rings. The summed E-state index contributed by atoms with van der Waals surface area (Å²) in [5.41, 5.74) is 0. The number of hydrogen-bond donors (Lipinski definition) is 3. The van der Waals surface area contributed by atoms with Crippen molar-refractivity contribution in [2.75, 3.05) is 6.61 Å². The van der Waals surface area contributed by atoms with Gasteiger partial charge in [-0.1, -0.05) is 102 Å². The normalized spacial score (nSPS) is 13.9. The van der Waals surface area contributed by atoms with Gasteiger partial charge in [-0.3, -0.25) is 4.79 Å². The number of nitrogens with one attached hydrogen (secondary N) is 1. The van der Waals surface area contributed by atoms with Gasteiger partial charge < -0.3 is 15.5 Å². The number of amides is 1. The van der Waals surface area contributed by atoms with E-state index in [1.807, 2.05) is 6.08 Å². The van der Waals surface area contributed by atoms with E-state index in [1.54, 1.807) is 6.08 Å². The molecule has 0 heterocycles. The lowest BCUT2D eigenvalue weighted by atomic mass is 10.1. The molecule has 0 saturated heterocycles. The van der Waals surface area contributed by atoms with Gasteiger partial charge in [0.15, 0.2) is 0 Å². The maximum atomic E-state index is 11.8. The largest absolute Gasteiger partial charge is 0.394 e. The first-order valence-electron chi connectivity index (χ1n) is 12.6. The molecule has 0 aliphatic heterocycles. The van der Waals surface area contributed by atoms with Crippen LogP contribution in [0.1, 0.15) is 117 Å². The maximum Gasteiger partial charge on any atom is 0.220 e. The van der Waals surface area contributed by atoms with Crippen molar-refractivity contribution >= 4 is 5.91 Å². The van der Waals surface area contributed by atoms with E-state index < -0.39 is 12.1 Å². The highest BCUT2D eigenvalue weighted by Gasteiger charge is 2.17. The first kappa shape index (κ1) is 28.9. The number of aliphatic hydroxyl groups excluding tert-OH is 2. The third-order valence-electron chi connectivity index (χ3n) is 5.44. The Hall–Kier alpha value is -1.13. The SMILES string of the molecule is CCCCCCCCCCC/C=C/CC/C=C/C(O)C(CO)NC(=O)CCCCC. The summed E-state index contributed by atoms with van der Waals surface area (Å²) >= 11 is 0. The van der Waals surface area contributed by atoms with E-state index in [2.05, 4.69) is 31.3 Å². The highest BCUT2D eigenvalue weighted by atomic mass is 16.3. The van der Waals surface area contributed by atoms with Crippen molar-refractivity contribution < 1.29 is 15.0 Å². The monoisotopic (exact) mass is 423 g/mol. The second-order valence-corrected chi connectivity index (χ2v) is 8.40. The summed E-state index contributed by atoms with van der Waals surface area (Å²) in [7, 11) is 0. The Kier molecular flexibility index (Phi) is 21.7. The molecule has 1 amide bonds. The molecule has 0 aliphatic carbocycles. The number of allylic oxidation sites excluding steroid dienone is 3. The van der Waals surface area contributed by atoms with Crippen LogP contribution in [0.2, 0.25) is 0 Å². The molecule has 0 radical (unpaired) electrons. The van der Waals surface area contributed by atoms with Crippen LogP contribution in [0.3, 0.4) is 0 Å². The Morgan fingerprint density at radius 3 is 1.93 bits per heavy atom. The number of hydrogen-bond acceptors (Lipinski definition) is 3. The van der Waals surface area contributed by atoms with Crippen LogP contribution >= 0.6 is 0 Å². The molecule has 4 heteroatoms. The summed E-state index contributed by atoms with van der Waals surface area (Å²) in [5.74, 6) is -0.102. The van der Waals surface area contributed by atoms with Crippen molar-refractivity contribution in [1.82, 2.24) is 5.32 Å². The molecular formula is C26H49NO3. The van der Waals surface area contributed by atoms with E-state index in [0.29, 0.717) is 6.42 Å². The van der Waals surface area contributed by atoms with Gasteiger partial charge in [0, 0.05) is 6.42 Å². The summed E-state index contributed by atoms with van der Waals surface area (Å²) in [4.78, 5) is 11.8. The predicted octanol–water partition coefficient (Wildman–Crippen LogP) is 6.22. The van der Waals surface area contributed by atoms with Crippen LogP contribution in [0.15, 0.2) is 24.3 Å². The van der Waals surface area contributed by atoms with Crippen molar-refractivity contribution in [1.29, 1.82) is 0 Å². The Balaban J connectivity index is 3.71. The lowest BCUT2D eigenvalue weighted by Crippen LogP contribution is -2.45. The van der Waals surface area contributed by atoms with E-state index in [1.165, 1.54) is 57.8 Å². The van der Waals surface area contributed by atoms with Crippen molar-refractivity contribution in [3.8, 4) is 0 Å². The molecule has 2 unspecified atom stereocenters. The number of carbonyl (C=O) groups is 1. The van der Waals surface area contributed by atoms with Crippen LogP contribution in [0.5, 0.6) is 0 Å². The van der Waals surface area contributed by atoms with E-state index in [-0.39, 0.29) is 12.5 Å². The molecule has 0 rings (SSSR count). The topological polar surface area (TPSA) is 69.6 Å². The zero-order chi connectivity index (χ0) is 22.3. The molecule has 0 aromatic rings. The van der Waals surface area contributed by atoms with Gasteiger partial charge in [0.25, 0.3) is 0 Å². The summed E-state index contributed by atoms with van der Waals surface area (Å²) in [5, 5.41) is 22.3. The summed E-state index contributed by atoms with van der Waals surface area (Å²) in [6.07, 6.45) is 25.8. The van der Waals surface area contributed by atoms with Crippen LogP contribution in [0.4, 0.5) is 0 Å². The third-order valence-corrected chi connectivity index (χ3v) is 5.44. The van der Waals surface area contributed by atoms with Gasteiger partial charge in [-0.15, -0.1) is 0 Å². The van der Waals surface area contributed by atoms with Crippen molar-refractivity contribution in [3.63, 3.8) is 0 Å². The van der Waals surface area contributed by atoms with Gasteiger partial charge in [-0.2, -0.15) is 0 Å². The third kappa shape index (κ3) is 18.9. The van der Waals surface area contributed by atoms with E-state index in [9.17, 15) is 15.0 Å². The van der Waals surface area contributed by atoms with Gasteiger partial charge in [-0.25, -0.2) is 0 Å². The molecule has 0 saturated carbocycles. The minimum absolute atomic E-state index is 0.102. The van der Waals surface area contributed by atoms with Gasteiger partial charge >= 0.3 is 0 Å². The number of unbranched alkanes of at least 4 members (excludes halogenated alkanes) is 12. The summed E-state index contributed by atoms with van der Waals surface area (Å²) < 4.78 is 0. The zero-order valence-corrected chi connectivity index (χ0v) is 19.8. The highest BCUT2D eigenvalue weighted by molar-refractivity contribution is 5.76. The van der Waals surface area contributed by atoms with Gasteiger partial charge in [0.05, 0.1) is 18.8 Å². The molecule has 0 aromatic heterocycles. The molecule has 0 bridgehead atoms. The average molecular weight is 424 g/mol. The van der Waals surface area contributed by atoms with E-state index in [0.717, 1.165) is 38.5 Å². The lowest BCUT2D eigenvalue weighted by Gasteiger charge is -2.19. The fourth-order valence-corrected chi connectivity index (χ4v) is 3.42. The predicted molar refractivity (Wildman–Crippen MR) is 129 cm³/mol. The second kappa shape index (κ2) is 22.6. The Morgan fingerprint density at radius 2 is 1.30 bits per heavy atom. The summed E-state index contributed by atoms with van der Waals surface area (Å²) in [6.45, 7) is 4.09. The molecule has 0 spiro atoms. The van der Waals surface area contributed by atoms with E-state index >= 15 is 0 Å². The molecule has 176 valence electrons. The molecular weight excluding hydrogens is 374 g/mol. The van der Waals surface area contributed by atoms with Crippen LogP contribution in [-0.4, -0.2) is 34.9 Å². The molecule has 2 atom stereocenters. The number of aliphatic hydroxyl groups is 2. The maximum absolute atomic E-state index is 11.8. The van der Waals surface area contributed by atoms with Crippen LogP contribution < -0.4 is 5.32 Å². The lowest BCUT2D eigenvalue weighted by molar-refractivity contribution is -0.123. The minimum atomic E-state index is -0.851. The van der Waals surface area contributed by atoms with Gasteiger partial charge in [-0.05, 0) is 32.1 Å². The molecule has 3 N–H and O–H groups in total. The average Bonchev–Trinajstić information content (AvgIpc) is 2.74. The van der Waals surface area contributed by atoms with Crippen molar-refractivity contribution in [2.24, 2.45) is 0 Å². The Bertz CT molecular complexity index is 434. The molecule has 30 heavy (non-hydrogen) atoms. The number of carbonyl (C=O) groups excluding carboxylic acids is 1. The van der Waals surface area contributed by atoms with Crippen LogP contribution in [-0.2, 0) is 4.79 Å². The van der Waals surface area contributed by atoms with Gasteiger partial charge in [0.1, 0.15) is 0 Å². The van der Waals surface area contributed by atoms with Crippen molar-refractivity contribution in [3.05, 3.63) is 24.3 Å². The Labute approximate surface area is 186 Å². The highest BCUT2D eigenvalue weighted by Crippen LogP contribution is 2.11. The first-order valence-corrected chi connectivity index (χ1v) is 12.6. The fraction of sp³-hybridized carbons (Fsp3) is 0.808. The minimum Gasteiger partial charge on any atom is -0.394 e. The summed E-state index contributed by atoms with van der Waals surface area (Å²) in [6, 6.07) is -0.627. The smallest absolute Gasteiger partial charge is 0.220 e. The zero-order valence-electron chi connectivity index (χ0n) is 19.8. The molecule has 0 aromatic carbocycles. The van der Waals surface area contributed by atoms with E-state index in [4.69, 9.17) is 0 Å². The fourth-order valence-electron chi connectivity index (χ4n) is 3.42. The first-order chi connectivity index (χ1) is 14.7. The van der Waals surface area contributed by atoms with Crippen LogP contribution in [0.25, 0.3) is 0 Å². The molecule has 4 nitrogen and oxygen atoms in total. The quantitative estimate of drug-likeness (QED) is 0.152. The van der Waals surface area contributed by atoms with Crippen LogP contribution in [0, 0.1) is 0 Å². The van der Waals surface area contributed by atoms with Gasteiger partial charge in [0.2, 0.25) is 5.91 Å². The number of rotatable bonds is 21. The second-order valence-electron chi connectivity index (χ2n) is 8.40.